The molecular formula is C14H21BrO4. The van der Waals surface area contributed by atoms with Gasteiger partial charge in [-0.3, -0.25) is 0 Å². The predicted octanol–water partition coefficient (Wildman–Crippen LogP) is 2.36. The van der Waals surface area contributed by atoms with Crippen LogP contribution in [0.15, 0.2) is 18.2 Å². The van der Waals surface area contributed by atoms with Gasteiger partial charge >= 0.3 is 0 Å². The predicted molar refractivity (Wildman–Crippen MR) is 78.6 cm³/mol. The molecule has 108 valence electrons. The van der Waals surface area contributed by atoms with E-state index in [1.54, 1.807) is 14.2 Å². The maximum atomic E-state index is 10.2. The number of para-hydroxylation sites is 1. The molecule has 1 aliphatic rings. The summed E-state index contributed by atoms with van der Waals surface area (Å²) < 4.78 is 16.1. The first-order valence-electron chi connectivity index (χ1n) is 6.25. The third kappa shape index (κ3) is 3.84. The number of benzene rings is 1. The van der Waals surface area contributed by atoms with Crippen molar-refractivity contribution in [2.75, 3.05) is 20.8 Å². The van der Waals surface area contributed by atoms with Gasteiger partial charge in [0.05, 0.1) is 26.4 Å². The minimum Gasteiger partial charge on any atom is -0.493 e. The standard InChI is InChI=1S/C14H20O4.BrH/c1-16-13-6-3-5-10(14(13)17-2)9-11(15)12-7-4-8-18-12;/h3,5-6,11-12,15H,4,7-9H2,1-2H3;1H. The fourth-order valence-electron chi connectivity index (χ4n) is 2.38. The van der Waals surface area contributed by atoms with E-state index in [4.69, 9.17) is 14.2 Å². The smallest absolute Gasteiger partial charge is 0.163 e. The molecule has 5 heteroatoms. The van der Waals surface area contributed by atoms with E-state index in [1.165, 1.54) is 0 Å². The highest BCUT2D eigenvalue weighted by molar-refractivity contribution is 8.93. The zero-order chi connectivity index (χ0) is 13.0. The molecule has 2 unspecified atom stereocenters. The maximum absolute atomic E-state index is 10.2. The first kappa shape index (κ1) is 16.3. The van der Waals surface area contributed by atoms with Crippen LogP contribution in [-0.4, -0.2) is 38.1 Å². The van der Waals surface area contributed by atoms with Crippen LogP contribution in [0.1, 0.15) is 18.4 Å². The second-order valence-corrected chi connectivity index (χ2v) is 4.48. The molecular weight excluding hydrogens is 312 g/mol. The average molecular weight is 333 g/mol. The molecule has 19 heavy (non-hydrogen) atoms. The lowest BCUT2D eigenvalue weighted by Crippen LogP contribution is -2.27. The molecule has 1 fully saturated rings. The van der Waals surface area contributed by atoms with Crippen LogP contribution in [0.4, 0.5) is 0 Å². The van der Waals surface area contributed by atoms with Gasteiger partial charge in [0.15, 0.2) is 11.5 Å². The van der Waals surface area contributed by atoms with E-state index in [-0.39, 0.29) is 23.1 Å². The molecule has 0 radical (unpaired) electrons. The van der Waals surface area contributed by atoms with Crippen molar-refractivity contribution in [2.45, 2.75) is 31.5 Å². The second-order valence-electron chi connectivity index (χ2n) is 4.48. The molecule has 2 rings (SSSR count). The van der Waals surface area contributed by atoms with Crippen molar-refractivity contribution in [2.24, 2.45) is 0 Å². The van der Waals surface area contributed by atoms with E-state index in [0.717, 1.165) is 25.0 Å². The molecule has 1 aromatic carbocycles. The topological polar surface area (TPSA) is 47.9 Å². The van der Waals surface area contributed by atoms with Crippen LogP contribution in [0.2, 0.25) is 0 Å². The number of methoxy groups -OCH3 is 2. The second kappa shape index (κ2) is 7.72. The van der Waals surface area contributed by atoms with Gasteiger partial charge in [0.2, 0.25) is 0 Å². The van der Waals surface area contributed by atoms with E-state index >= 15 is 0 Å². The number of rotatable bonds is 5. The van der Waals surface area contributed by atoms with Gasteiger partial charge in [-0.2, -0.15) is 0 Å². The van der Waals surface area contributed by atoms with Gasteiger partial charge in [0, 0.05) is 18.6 Å². The summed E-state index contributed by atoms with van der Waals surface area (Å²) in [6, 6.07) is 5.69. The highest BCUT2D eigenvalue weighted by atomic mass is 79.9. The molecule has 0 spiro atoms. The summed E-state index contributed by atoms with van der Waals surface area (Å²) in [5.41, 5.74) is 0.944. The van der Waals surface area contributed by atoms with Gasteiger partial charge in [0.1, 0.15) is 0 Å². The maximum Gasteiger partial charge on any atom is 0.163 e. The Bertz CT molecular complexity index is 391. The fraction of sp³-hybridized carbons (Fsp3) is 0.571. The highest BCUT2D eigenvalue weighted by Gasteiger charge is 2.25. The van der Waals surface area contributed by atoms with Crippen molar-refractivity contribution in [3.63, 3.8) is 0 Å². The molecule has 1 aliphatic heterocycles. The number of hydrogen-bond donors (Lipinski definition) is 1. The van der Waals surface area contributed by atoms with Crippen LogP contribution in [-0.2, 0) is 11.2 Å². The fourth-order valence-corrected chi connectivity index (χ4v) is 2.38. The van der Waals surface area contributed by atoms with Crippen LogP contribution in [0.5, 0.6) is 11.5 Å². The monoisotopic (exact) mass is 332 g/mol. The summed E-state index contributed by atoms with van der Waals surface area (Å²) in [6.45, 7) is 0.747. The molecule has 2 atom stereocenters. The molecule has 0 amide bonds. The van der Waals surface area contributed by atoms with Gasteiger partial charge in [-0.15, -0.1) is 17.0 Å². The summed E-state index contributed by atoms with van der Waals surface area (Å²) in [4.78, 5) is 0. The minimum absolute atomic E-state index is 0. The van der Waals surface area contributed by atoms with Crippen molar-refractivity contribution in [1.82, 2.24) is 0 Å². The Morgan fingerprint density at radius 1 is 1.37 bits per heavy atom. The molecule has 4 nitrogen and oxygen atoms in total. The Kier molecular flexibility index (Phi) is 6.62. The summed E-state index contributed by atoms with van der Waals surface area (Å²) in [7, 11) is 3.22. The lowest BCUT2D eigenvalue weighted by atomic mass is 10.0. The quantitative estimate of drug-likeness (QED) is 0.899. The lowest BCUT2D eigenvalue weighted by molar-refractivity contribution is -0.00102. The molecule has 0 aliphatic carbocycles. The first-order chi connectivity index (χ1) is 8.76. The van der Waals surface area contributed by atoms with Gasteiger partial charge in [-0.25, -0.2) is 0 Å². The van der Waals surface area contributed by atoms with E-state index in [0.29, 0.717) is 17.9 Å². The lowest BCUT2D eigenvalue weighted by Gasteiger charge is -2.19. The van der Waals surface area contributed by atoms with Crippen LogP contribution < -0.4 is 9.47 Å². The highest BCUT2D eigenvalue weighted by Crippen LogP contribution is 2.32. The zero-order valence-corrected chi connectivity index (χ0v) is 13.0. The Morgan fingerprint density at radius 3 is 2.74 bits per heavy atom. The van der Waals surface area contributed by atoms with Crippen molar-refractivity contribution in [3.8, 4) is 11.5 Å². The van der Waals surface area contributed by atoms with E-state index in [2.05, 4.69) is 0 Å². The summed E-state index contributed by atoms with van der Waals surface area (Å²) in [6.07, 6.45) is 1.92. The normalized spacial score (nSPS) is 19.6. The molecule has 1 saturated heterocycles. The van der Waals surface area contributed by atoms with E-state index < -0.39 is 6.10 Å². The Morgan fingerprint density at radius 2 is 2.16 bits per heavy atom. The number of aliphatic hydroxyl groups excluding tert-OH is 1. The van der Waals surface area contributed by atoms with Gasteiger partial charge in [-0.05, 0) is 18.9 Å². The van der Waals surface area contributed by atoms with Crippen molar-refractivity contribution < 1.29 is 19.3 Å². The number of aliphatic hydroxyl groups is 1. The van der Waals surface area contributed by atoms with Gasteiger partial charge in [0.25, 0.3) is 0 Å². The first-order valence-corrected chi connectivity index (χ1v) is 6.25. The molecule has 0 bridgehead atoms. The summed E-state index contributed by atoms with van der Waals surface area (Å²) in [5.74, 6) is 1.38. The largest absolute Gasteiger partial charge is 0.493 e. The van der Waals surface area contributed by atoms with Crippen molar-refractivity contribution in [3.05, 3.63) is 23.8 Å². The molecule has 1 heterocycles. The Hall–Kier alpha value is -0.780. The molecule has 0 saturated carbocycles. The molecule has 1 aromatic rings. The van der Waals surface area contributed by atoms with Gasteiger partial charge < -0.3 is 19.3 Å². The molecule has 0 aromatic heterocycles. The van der Waals surface area contributed by atoms with E-state index in [1.807, 2.05) is 18.2 Å². The van der Waals surface area contributed by atoms with Gasteiger partial charge in [-0.1, -0.05) is 12.1 Å². The minimum atomic E-state index is -0.492. The number of hydrogen-bond acceptors (Lipinski definition) is 4. The van der Waals surface area contributed by atoms with Crippen LogP contribution in [0.25, 0.3) is 0 Å². The Labute approximate surface area is 124 Å². The third-order valence-electron chi connectivity index (χ3n) is 3.31. The third-order valence-corrected chi connectivity index (χ3v) is 3.31. The molecule has 1 N–H and O–H groups in total. The zero-order valence-electron chi connectivity index (χ0n) is 11.3. The van der Waals surface area contributed by atoms with Crippen molar-refractivity contribution in [1.29, 1.82) is 0 Å². The number of halogens is 1. The Balaban J connectivity index is 0.00000180. The summed E-state index contributed by atoms with van der Waals surface area (Å²) >= 11 is 0. The SMILES string of the molecule is Br.COc1cccc(CC(O)C2CCCO2)c1OC. The van der Waals surface area contributed by atoms with Crippen LogP contribution >= 0.6 is 17.0 Å². The van der Waals surface area contributed by atoms with Crippen LogP contribution in [0, 0.1) is 0 Å². The average Bonchev–Trinajstić information content (AvgIpc) is 2.92. The van der Waals surface area contributed by atoms with E-state index in [9.17, 15) is 5.11 Å². The summed E-state index contributed by atoms with van der Waals surface area (Å²) in [5, 5.41) is 10.2. The number of ether oxygens (including phenoxy) is 3. The van der Waals surface area contributed by atoms with Crippen LogP contribution in [0.3, 0.4) is 0 Å². The van der Waals surface area contributed by atoms with Crippen molar-refractivity contribution >= 4 is 17.0 Å².